The molecular weight excluding hydrogens is 186 g/mol. The maximum atomic E-state index is 4.44. The Balaban J connectivity index is 2.30. The van der Waals surface area contributed by atoms with Crippen molar-refractivity contribution in [2.75, 3.05) is 13.1 Å². The lowest BCUT2D eigenvalue weighted by Crippen LogP contribution is -2.17. The predicted molar refractivity (Wildman–Crippen MR) is 64.1 cm³/mol. The van der Waals surface area contributed by atoms with Gasteiger partial charge in [0, 0.05) is 12.2 Å². The molecule has 0 aliphatic carbocycles. The summed E-state index contributed by atoms with van der Waals surface area (Å²) in [6, 6.07) is 2.20. The van der Waals surface area contributed by atoms with Crippen LogP contribution in [0.25, 0.3) is 0 Å². The Morgan fingerprint density at radius 3 is 2.80 bits per heavy atom. The topological polar surface area (TPSA) is 29.9 Å². The molecule has 3 heteroatoms. The van der Waals surface area contributed by atoms with Crippen LogP contribution in [0.3, 0.4) is 0 Å². The third-order valence-corrected chi connectivity index (χ3v) is 2.50. The summed E-state index contributed by atoms with van der Waals surface area (Å²) in [5.41, 5.74) is 2.50. The molecule has 0 radical (unpaired) electrons. The lowest BCUT2D eigenvalue weighted by atomic mass is 10.2. The second kappa shape index (κ2) is 6.62. The Kier molecular flexibility index (Phi) is 5.40. The number of rotatable bonds is 7. The highest BCUT2D eigenvalue weighted by atomic mass is 15.3. The Hall–Kier alpha value is -0.830. The van der Waals surface area contributed by atoms with Gasteiger partial charge in [-0.2, -0.15) is 5.10 Å². The molecule has 1 N–H and O–H groups in total. The maximum absolute atomic E-state index is 4.44. The molecule has 0 aliphatic rings. The standard InChI is InChI=1S/C12H23N3/c1-4-8-13-9-6-7-12-10-11(3)14-15(12)5-2/h10,13H,4-9H2,1-3H3. The molecule has 0 amide bonds. The quantitative estimate of drug-likeness (QED) is 0.697. The van der Waals surface area contributed by atoms with Gasteiger partial charge in [0.1, 0.15) is 0 Å². The third-order valence-electron chi connectivity index (χ3n) is 2.50. The highest BCUT2D eigenvalue weighted by Gasteiger charge is 2.02. The zero-order valence-corrected chi connectivity index (χ0v) is 10.2. The lowest BCUT2D eigenvalue weighted by Gasteiger charge is -2.05. The summed E-state index contributed by atoms with van der Waals surface area (Å²) < 4.78 is 2.11. The fraction of sp³-hybridized carbons (Fsp3) is 0.750. The van der Waals surface area contributed by atoms with Gasteiger partial charge < -0.3 is 5.32 Å². The second-order valence-electron chi connectivity index (χ2n) is 3.95. The van der Waals surface area contributed by atoms with E-state index in [2.05, 4.69) is 41.9 Å². The molecule has 1 rings (SSSR count). The van der Waals surface area contributed by atoms with Crippen LogP contribution < -0.4 is 5.32 Å². The summed E-state index contributed by atoms with van der Waals surface area (Å²) >= 11 is 0. The van der Waals surface area contributed by atoms with Crippen LogP contribution in [0.15, 0.2) is 6.07 Å². The van der Waals surface area contributed by atoms with E-state index in [1.54, 1.807) is 0 Å². The molecule has 0 saturated carbocycles. The van der Waals surface area contributed by atoms with Crippen LogP contribution in [-0.2, 0) is 13.0 Å². The largest absolute Gasteiger partial charge is 0.317 e. The van der Waals surface area contributed by atoms with Crippen molar-refractivity contribution in [2.24, 2.45) is 0 Å². The number of aromatic nitrogens is 2. The van der Waals surface area contributed by atoms with E-state index in [9.17, 15) is 0 Å². The van der Waals surface area contributed by atoms with Crippen molar-refractivity contribution in [3.8, 4) is 0 Å². The monoisotopic (exact) mass is 209 g/mol. The van der Waals surface area contributed by atoms with Gasteiger partial charge in [0.2, 0.25) is 0 Å². The van der Waals surface area contributed by atoms with Crippen molar-refractivity contribution in [2.45, 2.75) is 46.6 Å². The summed E-state index contributed by atoms with van der Waals surface area (Å²) in [4.78, 5) is 0. The van der Waals surface area contributed by atoms with Crippen LogP contribution in [-0.4, -0.2) is 22.9 Å². The number of aryl methyl sites for hydroxylation is 3. The minimum absolute atomic E-state index is 0.978. The van der Waals surface area contributed by atoms with E-state index < -0.39 is 0 Å². The van der Waals surface area contributed by atoms with Gasteiger partial charge in [0.05, 0.1) is 5.69 Å². The van der Waals surface area contributed by atoms with E-state index in [1.807, 2.05) is 0 Å². The van der Waals surface area contributed by atoms with E-state index in [0.29, 0.717) is 0 Å². The predicted octanol–water partition coefficient (Wildman–Crippen LogP) is 2.14. The zero-order chi connectivity index (χ0) is 11.1. The van der Waals surface area contributed by atoms with Crippen LogP contribution in [0, 0.1) is 6.92 Å². The first-order valence-corrected chi connectivity index (χ1v) is 6.02. The molecule has 0 saturated heterocycles. The molecule has 0 atom stereocenters. The number of hydrogen-bond acceptors (Lipinski definition) is 2. The highest BCUT2D eigenvalue weighted by molar-refractivity contribution is 5.08. The van der Waals surface area contributed by atoms with Crippen molar-refractivity contribution in [1.82, 2.24) is 15.1 Å². The Morgan fingerprint density at radius 1 is 1.33 bits per heavy atom. The fourth-order valence-electron chi connectivity index (χ4n) is 1.77. The summed E-state index contributed by atoms with van der Waals surface area (Å²) in [7, 11) is 0. The molecular formula is C12H23N3. The van der Waals surface area contributed by atoms with Gasteiger partial charge in [-0.3, -0.25) is 4.68 Å². The van der Waals surface area contributed by atoms with Crippen molar-refractivity contribution in [3.63, 3.8) is 0 Å². The van der Waals surface area contributed by atoms with E-state index >= 15 is 0 Å². The highest BCUT2D eigenvalue weighted by Crippen LogP contribution is 2.06. The first kappa shape index (κ1) is 12.2. The molecule has 1 aromatic rings. The van der Waals surface area contributed by atoms with Crippen molar-refractivity contribution < 1.29 is 0 Å². The average Bonchev–Trinajstić information content (AvgIpc) is 2.59. The van der Waals surface area contributed by atoms with Gasteiger partial charge >= 0.3 is 0 Å². The van der Waals surface area contributed by atoms with Gasteiger partial charge in [0.25, 0.3) is 0 Å². The van der Waals surface area contributed by atoms with Crippen molar-refractivity contribution in [1.29, 1.82) is 0 Å². The average molecular weight is 209 g/mol. The van der Waals surface area contributed by atoms with Gasteiger partial charge in [-0.25, -0.2) is 0 Å². The fourth-order valence-corrected chi connectivity index (χ4v) is 1.77. The second-order valence-corrected chi connectivity index (χ2v) is 3.95. The molecule has 0 spiro atoms. The summed E-state index contributed by atoms with van der Waals surface area (Å²) in [6.07, 6.45) is 3.54. The van der Waals surface area contributed by atoms with Gasteiger partial charge in [-0.15, -0.1) is 0 Å². The Morgan fingerprint density at radius 2 is 2.13 bits per heavy atom. The molecule has 0 aromatic carbocycles. The van der Waals surface area contributed by atoms with E-state index in [0.717, 1.165) is 31.7 Å². The van der Waals surface area contributed by atoms with Crippen molar-refractivity contribution in [3.05, 3.63) is 17.5 Å². The van der Waals surface area contributed by atoms with E-state index in [4.69, 9.17) is 0 Å². The summed E-state index contributed by atoms with van der Waals surface area (Å²) in [5, 5.41) is 7.86. The number of nitrogens with one attached hydrogen (secondary N) is 1. The van der Waals surface area contributed by atoms with E-state index in [1.165, 1.54) is 18.5 Å². The maximum Gasteiger partial charge on any atom is 0.0596 e. The molecule has 0 unspecified atom stereocenters. The lowest BCUT2D eigenvalue weighted by molar-refractivity contribution is 0.586. The minimum atomic E-state index is 0.978. The summed E-state index contributed by atoms with van der Waals surface area (Å²) in [5.74, 6) is 0. The van der Waals surface area contributed by atoms with Crippen LogP contribution in [0.4, 0.5) is 0 Å². The zero-order valence-electron chi connectivity index (χ0n) is 10.2. The van der Waals surface area contributed by atoms with Gasteiger partial charge in [-0.1, -0.05) is 6.92 Å². The van der Waals surface area contributed by atoms with Crippen LogP contribution in [0.2, 0.25) is 0 Å². The Bertz CT molecular complexity index is 278. The van der Waals surface area contributed by atoms with E-state index in [-0.39, 0.29) is 0 Å². The first-order valence-electron chi connectivity index (χ1n) is 6.02. The molecule has 86 valence electrons. The smallest absolute Gasteiger partial charge is 0.0596 e. The van der Waals surface area contributed by atoms with Crippen LogP contribution in [0.1, 0.15) is 38.1 Å². The number of hydrogen-bond donors (Lipinski definition) is 1. The van der Waals surface area contributed by atoms with Gasteiger partial charge in [0.15, 0.2) is 0 Å². The number of nitrogens with zero attached hydrogens (tertiary/aromatic N) is 2. The first-order chi connectivity index (χ1) is 7.27. The molecule has 3 nitrogen and oxygen atoms in total. The van der Waals surface area contributed by atoms with Crippen molar-refractivity contribution >= 4 is 0 Å². The van der Waals surface area contributed by atoms with Crippen LogP contribution in [0.5, 0.6) is 0 Å². The minimum Gasteiger partial charge on any atom is -0.317 e. The molecule has 15 heavy (non-hydrogen) atoms. The molecule has 1 aromatic heterocycles. The molecule has 0 fully saturated rings. The molecule has 0 bridgehead atoms. The van der Waals surface area contributed by atoms with Gasteiger partial charge in [-0.05, 0) is 52.3 Å². The Labute approximate surface area is 92.9 Å². The van der Waals surface area contributed by atoms with Crippen LogP contribution >= 0.6 is 0 Å². The SMILES string of the molecule is CCCNCCCc1cc(C)nn1CC. The normalized spacial score (nSPS) is 10.9. The summed E-state index contributed by atoms with van der Waals surface area (Å²) in [6.45, 7) is 9.62. The molecule has 1 heterocycles. The third kappa shape index (κ3) is 4.04. The molecule has 0 aliphatic heterocycles.